The molecule has 0 spiro atoms. The fraction of sp³-hybridized carbons (Fsp3) is 0.435. The number of fused-ring (bicyclic) bond motifs is 1. The van der Waals surface area contributed by atoms with Crippen molar-refractivity contribution in [2.75, 3.05) is 0 Å². The molecule has 5 nitrogen and oxygen atoms in total. The lowest BCUT2D eigenvalue weighted by atomic mass is 9.99. The van der Waals surface area contributed by atoms with Gasteiger partial charge in [-0.2, -0.15) is 5.10 Å². The minimum absolute atomic E-state index is 0.0811. The van der Waals surface area contributed by atoms with Crippen LogP contribution < -0.4 is 0 Å². The number of carbonyl (C=O) groups excluding carboxylic acids is 1. The van der Waals surface area contributed by atoms with Gasteiger partial charge in [0.15, 0.2) is 5.65 Å². The van der Waals surface area contributed by atoms with Crippen molar-refractivity contribution in [2.45, 2.75) is 59.0 Å². The van der Waals surface area contributed by atoms with Crippen molar-refractivity contribution >= 4 is 16.9 Å². The summed E-state index contributed by atoms with van der Waals surface area (Å²) < 4.78 is 15.9. The molecule has 1 saturated carbocycles. The zero-order chi connectivity index (χ0) is 20.7. The summed E-state index contributed by atoms with van der Waals surface area (Å²) in [4.78, 5) is 19.6. The zero-order valence-electron chi connectivity index (χ0n) is 17.5. The summed E-state index contributed by atoms with van der Waals surface area (Å²) in [5.74, 6) is -0.170. The Balaban J connectivity index is 1.54. The van der Waals surface area contributed by atoms with Crippen molar-refractivity contribution in [3.05, 3.63) is 58.2 Å². The molecule has 1 aliphatic carbocycles. The number of amides is 1. The minimum atomic E-state index is -0.251. The monoisotopic (exact) mass is 394 g/mol. The average molecular weight is 394 g/mol. The summed E-state index contributed by atoms with van der Waals surface area (Å²) >= 11 is 0. The van der Waals surface area contributed by atoms with Gasteiger partial charge in [-0.15, -0.1) is 0 Å². The van der Waals surface area contributed by atoms with Crippen LogP contribution in [-0.2, 0) is 24.8 Å². The van der Waals surface area contributed by atoms with E-state index < -0.39 is 0 Å². The van der Waals surface area contributed by atoms with Crippen molar-refractivity contribution in [1.82, 2.24) is 19.7 Å². The summed E-state index contributed by atoms with van der Waals surface area (Å²) in [6.07, 6.45) is 3.04. The van der Waals surface area contributed by atoms with Gasteiger partial charge in [0, 0.05) is 42.7 Å². The van der Waals surface area contributed by atoms with Crippen LogP contribution in [0.4, 0.5) is 4.39 Å². The quantitative estimate of drug-likeness (QED) is 0.631. The van der Waals surface area contributed by atoms with E-state index in [2.05, 4.69) is 12.0 Å². The van der Waals surface area contributed by atoms with Gasteiger partial charge in [-0.1, -0.05) is 18.2 Å². The van der Waals surface area contributed by atoms with E-state index in [1.54, 1.807) is 12.1 Å². The maximum Gasteiger partial charge on any atom is 0.223 e. The van der Waals surface area contributed by atoms with Gasteiger partial charge in [-0.3, -0.25) is 9.48 Å². The second-order valence-corrected chi connectivity index (χ2v) is 8.05. The highest BCUT2D eigenvalue weighted by atomic mass is 19.1. The predicted molar refractivity (Wildman–Crippen MR) is 111 cm³/mol. The highest BCUT2D eigenvalue weighted by molar-refractivity contribution is 5.84. The van der Waals surface area contributed by atoms with Crippen molar-refractivity contribution in [3.8, 4) is 0 Å². The average Bonchev–Trinajstić information content (AvgIpc) is 3.46. The van der Waals surface area contributed by atoms with Crippen molar-refractivity contribution in [2.24, 2.45) is 7.05 Å². The Morgan fingerprint density at radius 1 is 1.21 bits per heavy atom. The van der Waals surface area contributed by atoms with Crippen LogP contribution in [0.5, 0.6) is 0 Å². The Morgan fingerprint density at radius 2 is 1.93 bits per heavy atom. The Kier molecular flexibility index (Phi) is 5.11. The minimum Gasteiger partial charge on any atom is -0.335 e. The molecular weight excluding hydrogens is 367 g/mol. The molecule has 1 aliphatic rings. The number of hydrogen-bond acceptors (Lipinski definition) is 3. The molecule has 0 radical (unpaired) electrons. The highest BCUT2D eigenvalue weighted by Crippen LogP contribution is 2.31. The Labute approximate surface area is 170 Å². The SMILES string of the molecule is Cc1nc2c(c(C)nn2C)c(C)c1CCC(=O)N(Cc1ccccc1F)C1CC1. The molecule has 2 heterocycles. The normalized spacial score (nSPS) is 13.8. The molecule has 2 aromatic heterocycles. The van der Waals surface area contributed by atoms with E-state index in [1.807, 2.05) is 36.5 Å². The first-order chi connectivity index (χ1) is 13.9. The van der Waals surface area contributed by atoms with E-state index >= 15 is 0 Å². The van der Waals surface area contributed by atoms with Crippen LogP contribution >= 0.6 is 0 Å². The van der Waals surface area contributed by atoms with E-state index in [-0.39, 0.29) is 17.8 Å². The molecule has 0 unspecified atom stereocenters. The summed E-state index contributed by atoms with van der Waals surface area (Å²) in [6, 6.07) is 6.95. The molecular formula is C23H27FN4O. The number of aromatic nitrogens is 3. The Hall–Kier alpha value is -2.76. The van der Waals surface area contributed by atoms with E-state index in [4.69, 9.17) is 4.98 Å². The van der Waals surface area contributed by atoms with Gasteiger partial charge < -0.3 is 4.90 Å². The Morgan fingerprint density at radius 3 is 2.62 bits per heavy atom. The topological polar surface area (TPSA) is 51.0 Å². The molecule has 0 bridgehead atoms. The van der Waals surface area contributed by atoms with Crippen LogP contribution in [-0.4, -0.2) is 31.6 Å². The van der Waals surface area contributed by atoms with Crippen molar-refractivity contribution < 1.29 is 9.18 Å². The predicted octanol–water partition coefficient (Wildman–Crippen LogP) is 4.16. The molecule has 3 aromatic rings. The third-order valence-electron chi connectivity index (χ3n) is 5.93. The van der Waals surface area contributed by atoms with E-state index in [9.17, 15) is 9.18 Å². The summed E-state index contributed by atoms with van der Waals surface area (Å²) in [6.45, 7) is 6.41. The van der Waals surface area contributed by atoms with Gasteiger partial charge in [0.05, 0.1) is 5.69 Å². The molecule has 152 valence electrons. The number of rotatable bonds is 6. The number of carbonyl (C=O) groups is 1. The fourth-order valence-corrected chi connectivity index (χ4v) is 4.22. The molecule has 1 amide bonds. The van der Waals surface area contributed by atoms with Crippen LogP contribution in [0.25, 0.3) is 11.0 Å². The van der Waals surface area contributed by atoms with Gasteiger partial charge in [0.1, 0.15) is 5.82 Å². The molecule has 4 rings (SSSR count). The molecule has 6 heteroatoms. The second kappa shape index (κ2) is 7.58. The van der Waals surface area contributed by atoms with Crippen molar-refractivity contribution in [1.29, 1.82) is 0 Å². The highest BCUT2D eigenvalue weighted by Gasteiger charge is 2.32. The van der Waals surface area contributed by atoms with E-state index in [0.29, 0.717) is 24.9 Å². The molecule has 1 aromatic carbocycles. The molecule has 0 atom stereocenters. The van der Waals surface area contributed by atoms with E-state index in [0.717, 1.165) is 46.4 Å². The summed E-state index contributed by atoms with van der Waals surface area (Å²) in [7, 11) is 1.90. The first-order valence-corrected chi connectivity index (χ1v) is 10.2. The molecule has 1 fully saturated rings. The van der Waals surface area contributed by atoms with Crippen LogP contribution in [0.2, 0.25) is 0 Å². The van der Waals surface area contributed by atoms with Crippen LogP contribution in [0.1, 0.15) is 47.3 Å². The van der Waals surface area contributed by atoms with E-state index in [1.165, 1.54) is 6.07 Å². The van der Waals surface area contributed by atoms with Crippen LogP contribution in [0, 0.1) is 26.6 Å². The number of nitrogens with zero attached hydrogens (tertiary/aromatic N) is 4. The van der Waals surface area contributed by atoms with Gasteiger partial charge in [0.2, 0.25) is 5.91 Å². The lowest BCUT2D eigenvalue weighted by Gasteiger charge is -2.23. The second-order valence-electron chi connectivity index (χ2n) is 8.05. The molecule has 0 saturated heterocycles. The maximum atomic E-state index is 14.1. The maximum absolute atomic E-state index is 14.1. The van der Waals surface area contributed by atoms with Gasteiger partial charge in [-0.25, -0.2) is 9.37 Å². The molecule has 0 aliphatic heterocycles. The Bertz CT molecular complexity index is 1080. The number of halogens is 1. The summed E-state index contributed by atoms with van der Waals surface area (Å²) in [5.41, 5.74) is 5.62. The zero-order valence-corrected chi connectivity index (χ0v) is 17.5. The fourth-order valence-electron chi connectivity index (χ4n) is 4.22. The van der Waals surface area contributed by atoms with Crippen LogP contribution in [0.3, 0.4) is 0 Å². The smallest absolute Gasteiger partial charge is 0.223 e. The van der Waals surface area contributed by atoms with Gasteiger partial charge in [-0.05, 0) is 57.2 Å². The van der Waals surface area contributed by atoms with Gasteiger partial charge >= 0.3 is 0 Å². The first-order valence-electron chi connectivity index (χ1n) is 10.2. The first kappa shape index (κ1) is 19.6. The number of aryl methyl sites for hydroxylation is 4. The number of hydrogen-bond donors (Lipinski definition) is 0. The summed E-state index contributed by atoms with van der Waals surface area (Å²) in [5, 5.41) is 5.56. The molecule has 0 N–H and O–H groups in total. The standard InChI is InChI=1S/C23H27FN4O/c1-14-19(15(2)25-23-22(14)16(3)26-27(23)4)11-12-21(29)28(18-9-10-18)13-17-7-5-6-8-20(17)24/h5-8,18H,9-13H2,1-4H3. The lowest BCUT2D eigenvalue weighted by Crippen LogP contribution is -2.33. The van der Waals surface area contributed by atoms with Crippen LogP contribution in [0.15, 0.2) is 24.3 Å². The lowest BCUT2D eigenvalue weighted by molar-refractivity contribution is -0.132. The number of pyridine rings is 1. The molecule has 29 heavy (non-hydrogen) atoms. The number of benzene rings is 1. The third kappa shape index (κ3) is 3.76. The van der Waals surface area contributed by atoms with Gasteiger partial charge in [0.25, 0.3) is 0 Å². The third-order valence-corrected chi connectivity index (χ3v) is 5.93. The largest absolute Gasteiger partial charge is 0.335 e. The van der Waals surface area contributed by atoms with Crippen molar-refractivity contribution in [3.63, 3.8) is 0 Å².